The van der Waals surface area contributed by atoms with Crippen molar-refractivity contribution in [1.29, 1.82) is 0 Å². The summed E-state index contributed by atoms with van der Waals surface area (Å²) in [6.45, 7) is 6.34. The Bertz CT molecular complexity index is 976. The van der Waals surface area contributed by atoms with E-state index in [9.17, 15) is 8.78 Å². The highest BCUT2D eigenvalue weighted by Crippen LogP contribution is 2.40. The van der Waals surface area contributed by atoms with Crippen LogP contribution in [0.5, 0.6) is 0 Å². The van der Waals surface area contributed by atoms with Crippen molar-refractivity contribution in [3.8, 4) is 0 Å². The second-order valence-electron chi connectivity index (χ2n) is 9.36. The smallest absolute Gasteiger partial charge is 0.123 e. The highest BCUT2D eigenvalue weighted by Gasteiger charge is 2.30. The van der Waals surface area contributed by atoms with E-state index in [0.717, 1.165) is 69.8 Å². The Kier molecular flexibility index (Phi) is 9.66. The molecule has 3 rings (SSSR count). The van der Waals surface area contributed by atoms with Crippen LogP contribution in [0.15, 0.2) is 72.8 Å². The van der Waals surface area contributed by atoms with Crippen molar-refractivity contribution in [3.63, 3.8) is 0 Å². The molecule has 0 nitrogen and oxygen atoms in total. The van der Waals surface area contributed by atoms with Crippen molar-refractivity contribution in [1.82, 2.24) is 0 Å². The van der Waals surface area contributed by atoms with E-state index in [1.165, 1.54) is 34.9 Å². The lowest BCUT2D eigenvalue weighted by atomic mass is 9.69. The summed E-state index contributed by atoms with van der Waals surface area (Å²) >= 11 is 0. The molecular weight excluding hydrogens is 410 g/mol. The Morgan fingerprint density at radius 1 is 0.697 bits per heavy atom. The lowest BCUT2D eigenvalue weighted by Gasteiger charge is -2.35. The predicted octanol–water partition coefficient (Wildman–Crippen LogP) is 8.95. The predicted molar refractivity (Wildman–Crippen MR) is 135 cm³/mol. The second-order valence-corrected chi connectivity index (χ2v) is 9.36. The second kappa shape index (κ2) is 12.7. The third-order valence-electron chi connectivity index (χ3n) is 6.99. The summed E-state index contributed by atoms with van der Waals surface area (Å²) in [6, 6.07) is 22.6. The van der Waals surface area contributed by atoms with Gasteiger partial charge in [-0.3, -0.25) is 0 Å². The maximum Gasteiger partial charge on any atom is 0.123 e. The summed E-state index contributed by atoms with van der Waals surface area (Å²) in [4.78, 5) is 0. The summed E-state index contributed by atoms with van der Waals surface area (Å²) < 4.78 is 27.4. The number of rotatable bonds is 13. The summed E-state index contributed by atoms with van der Waals surface area (Å²) in [5.41, 5.74) is 5.02. The van der Waals surface area contributed by atoms with Crippen molar-refractivity contribution in [3.05, 3.63) is 114 Å². The fourth-order valence-electron chi connectivity index (χ4n) is 5.08. The van der Waals surface area contributed by atoms with E-state index in [1.54, 1.807) is 6.07 Å². The van der Waals surface area contributed by atoms with Crippen LogP contribution >= 0.6 is 0 Å². The Morgan fingerprint density at radius 3 is 2.06 bits per heavy atom. The number of benzene rings is 3. The molecule has 175 valence electrons. The van der Waals surface area contributed by atoms with Crippen LogP contribution in [-0.2, 0) is 18.3 Å². The molecule has 0 spiro atoms. The molecule has 0 aromatic heterocycles. The first-order valence-corrected chi connectivity index (χ1v) is 12.4. The van der Waals surface area contributed by atoms with Gasteiger partial charge < -0.3 is 0 Å². The van der Waals surface area contributed by atoms with Crippen LogP contribution < -0.4 is 0 Å². The van der Waals surface area contributed by atoms with Crippen molar-refractivity contribution in [2.24, 2.45) is 0 Å². The molecule has 0 aliphatic heterocycles. The van der Waals surface area contributed by atoms with E-state index in [1.807, 2.05) is 18.2 Å². The number of halogens is 2. The standard InChI is InChI=1S/C31H37F2/c1-3-21-31(28-15-10-16-30(33)24-28,22-8-6-12-26-17-19-29(32)20-18-26)23-9-7-14-27-13-5-4-11-25(27)2/h4-5,10-11,13,15-20,24H,1,3,6-9,12,14,21-23H2,2H3. The van der Waals surface area contributed by atoms with Crippen LogP contribution in [0.4, 0.5) is 8.78 Å². The molecule has 0 saturated carbocycles. The lowest BCUT2D eigenvalue weighted by molar-refractivity contribution is 0.314. The Hall–Kier alpha value is -2.48. The molecule has 0 bridgehead atoms. The van der Waals surface area contributed by atoms with Crippen LogP contribution in [0, 0.1) is 25.5 Å². The first kappa shape index (κ1) is 25.1. The molecule has 3 aromatic carbocycles. The van der Waals surface area contributed by atoms with Crippen molar-refractivity contribution >= 4 is 0 Å². The summed E-state index contributed by atoms with van der Waals surface area (Å²) in [7, 11) is 0. The maximum absolute atomic E-state index is 14.2. The van der Waals surface area contributed by atoms with Crippen LogP contribution in [-0.4, -0.2) is 0 Å². The zero-order chi connectivity index (χ0) is 23.5. The third kappa shape index (κ3) is 7.52. The van der Waals surface area contributed by atoms with Gasteiger partial charge in [-0.05, 0) is 104 Å². The molecule has 0 heterocycles. The van der Waals surface area contributed by atoms with Gasteiger partial charge in [0, 0.05) is 0 Å². The van der Waals surface area contributed by atoms with E-state index < -0.39 is 0 Å². The average Bonchev–Trinajstić information content (AvgIpc) is 2.81. The Morgan fingerprint density at radius 2 is 1.39 bits per heavy atom. The molecular formula is C31H37F2. The molecule has 0 aliphatic carbocycles. The van der Waals surface area contributed by atoms with Gasteiger partial charge in [0.2, 0.25) is 0 Å². The molecule has 0 saturated heterocycles. The van der Waals surface area contributed by atoms with Crippen LogP contribution in [0.1, 0.15) is 73.6 Å². The van der Waals surface area contributed by atoms with Crippen molar-refractivity contribution < 1.29 is 8.78 Å². The molecule has 0 aliphatic rings. The van der Waals surface area contributed by atoms with Gasteiger partial charge in [-0.2, -0.15) is 0 Å². The quantitative estimate of drug-likeness (QED) is 0.229. The van der Waals surface area contributed by atoms with E-state index in [-0.39, 0.29) is 17.0 Å². The van der Waals surface area contributed by atoms with Crippen LogP contribution in [0.25, 0.3) is 0 Å². The molecule has 0 amide bonds. The van der Waals surface area contributed by atoms with E-state index in [2.05, 4.69) is 44.2 Å². The first-order valence-electron chi connectivity index (χ1n) is 12.4. The van der Waals surface area contributed by atoms with Gasteiger partial charge in [0.05, 0.1) is 0 Å². The molecule has 0 fully saturated rings. The van der Waals surface area contributed by atoms with Gasteiger partial charge in [0.15, 0.2) is 0 Å². The van der Waals surface area contributed by atoms with Crippen LogP contribution in [0.3, 0.4) is 0 Å². The summed E-state index contributed by atoms with van der Waals surface area (Å²) in [6.07, 6.45) is 10.3. The zero-order valence-electron chi connectivity index (χ0n) is 20.0. The summed E-state index contributed by atoms with van der Waals surface area (Å²) in [5.74, 6) is -0.350. The minimum Gasteiger partial charge on any atom is -0.207 e. The molecule has 33 heavy (non-hydrogen) atoms. The van der Waals surface area contributed by atoms with E-state index in [0.29, 0.717) is 0 Å². The maximum atomic E-state index is 14.2. The SMILES string of the molecule is [CH2]CCC(CCCCc1ccc(F)cc1)(CCCCc1ccccc1C)c1cccc(F)c1. The molecule has 1 unspecified atom stereocenters. The zero-order valence-corrected chi connectivity index (χ0v) is 20.0. The number of aryl methyl sites for hydroxylation is 3. The van der Waals surface area contributed by atoms with E-state index in [4.69, 9.17) is 0 Å². The minimum absolute atomic E-state index is 0.0433. The summed E-state index contributed by atoms with van der Waals surface area (Å²) in [5, 5.41) is 0. The van der Waals surface area contributed by atoms with E-state index >= 15 is 0 Å². The van der Waals surface area contributed by atoms with Crippen molar-refractivity contribution in [2.45, 2.75) is 76.5 Å². The first-order chi connectivity index (χ1) is 16.0. The number of hydrogen-bond acceptors (Lipinski definition) is 0. The van der Waals surface area contributed by atoms with Gasteiger partial charge in [0.25, 0.3) is 0 Å². The fraction of sp³-hybridized carbons (Fsp3) is 0.387. The Balaban J connectivity index is 1.66. The highest BCUT2D eigenvalue weighted by atomic mass is 19.1. The largest absolute Gasteiger partial charge is 0.207 e. The van der Waals surface area contributed by atoms with Gasteiger partial charge in [-0.1, -0.05) is 74.7 Å². The Labute approximate surface area is 199 Å². The third-order valence-corrected chi connectivity index (χ3v) is 6.99. The minimum atomic E-state index is -0.190. The fourth-order valence-corrected chi connectivity index (χ4v) is 5.08. The molecule has 2 heteroatoms. The molecule has 3 aromatic rings. The highest BCUT2D eigenvalue weighted by molar-refractivity contribution is 5.27. The van der Waals surface area contributed by atoms with Crippen molar-refractivity contribution in [2.75, 3.05) is 0 Å². The molecule has 1 radical (unpaired) electrons. The van der Waals surface area contributed by atoms with Gasteiger partial charge in [0.1, 0.15) is 11.6 Å². The monoisotopic (exact) mass is 447 g/mol. The van der Waals surface area contributed by atoms with Gasteiger partial charge >= 0.3 is 0 Å². The van der Waals surface area contributed by atoms with Crippen LogP contribution in [0.2, 0.25) is 0 Å². The molecule has 1 atom stereocenters. The van der Waals surface area contributed by atoms with Gasteiger partial charge in [-0.15, -0.1) is 0 Å². The molecule has 0 N–H and O–H groups in total. The average molecular weight is 448 g/mol. The topological polar surface area (TPSA) is 0 Å². The lowest BCUT2D eigenvalue weighted by Crippen LogP contribution is -2.26. The normalized spacial score (nSPS) is 13.1. The number of hydrogen-bond donors (Lipinski definition) is 0. The van der Waals surface area contributed by atoms with Gasteiger partial charge in [-0.25, -0.2) is 8.78 Å². The number of unbranched alkanes of at least 4 members (excludes halogenated alkanes) is 2.